The van der Waals surface area contributed by atoms with E-state index in [4.69, 9.17) is 5.11 Å². The molecule has 4 nitrogen and oxygen atoms in total. The molecule has 14 heavy (non-hydrogen) atoms. The second-order valence-electron chi connectivity index (χ2n) is 4.80. The van der Waals surface area contributed by atoms with Gasteiger partial charge in [-0.25, -0.2) is 0 Å². The minimum Gasteiger partial charge on any atom is -0.481 e. The monoisotopic (exact) mass is 203 g/mol. The number of carboxylic acids is 1. The van der Waals surface area contributed by atoms with Crippen molar-refractivity contribution in [1.29, 1.82) is 0 Å². The topological polar surface area (TPSA) is 69.6 Å². The van der Waals surface area contributed by atoms with Crippen LogP contribution >= 0.6 is 0 Å². The van der Waals surface area contributed by atoms with Crippen LogP contribution in [-0.2, 0) is 4.79 Å². The Morgan fingerprint density at radius 3 is 2.07 bits per heavy atom. The van der Waals surface area contributed by atoms with Gasteiger partial charge >= 0.3 is 5.97 Å². The van der Waals surface area contributed by atoms with E-state index in [0.29, 0.717) is 6.54 Å². The lowest BCUT2D eigenvalue weighted by atomic mass is 9.85. The highest BCUT2D eigenvalue weighted by molar-refractivity contribution is 5.69. The third-order valence-electron chi connectivity index (χ3n) is 2.80. The summed E-state index contributed by atoms with van der Waals surface area (Å²) in [5.41, 5.74) is -1.39. The van der Waals surface area contributed by atoms with Crippen LogP contribution in [0.1, 0.15) is 34.6 Å². The van der Waals surface area contributed by atoms with Gasteiger partial charge in [-0.2, -0.15) is 0 Å². The number of rotatable bonds is 5. The maximum Gasteiger partial charge on any atom is 0.307 e. The van der Waals surface area contributed by atoms with Gasteiger partial charge in [0.25, 0.3) is 0 Å². The number of nitrogens with one attached hydrogen (secondary N) is 1. The summed E-state index contributed by atoms with van der Waals surface area (Å²) in [7, 11) is 0. The Labute approximate surface area is 85.3 Å². The molecule has 0 heterocycles. The van der Waals surface area contributed by atoms with E-state index in [-0.39, 0.29) is 0 Å². The fourth-order valence-corrected chi connectivity index (χ4v) is 0.712. The van der Waals surface area contributed by atoms with Crippen LogP contribution in [0.15, 0.2) is 0 Å². The van der Waals surface area contributed by atoms with Gasteiger partial charge in [0.2, 0.25) is 0 Å². The number of carboxylic acid groups (broad SMARTS) is 1. The van der Waals surface area contributed by atoms with E-state index < -0.39 is 23.0 Å². The Kier molecular flexibility index (Phi) is 4.09. The molecule has 0 amide bonds. The van der Waals surface area contributed by atoms with Crippen molar-refractivity contribution in [2.24, 2.45) is 5.92 Å². The van der Waals surface area contributed by atoms with Crippen molar-refractivity contribution in [3.63, 3.8) is 0 Å². The Hall–Kier alpha value is -0.610. The fourth-order valence-electron chi connectivity index (χ4n) is 0.712. The number of hydrogen-bond acceptors (Lipinski definition) is 3. The van der Waals surface area contributed by atoms with Crippen molar-refractivity contribution >= 4 is 5.97 Å². The van der Waals surface area contributed by atoms with Crippen molar-refractivity contribution in [2.75, 3.05) is 6.54 Å². The van der Waals surface area contributed by atoms with Crippen molar-refractivity contribution in [2.45, 2.75) is 45.8 Å². The Balaban J connectivity index is 4.20. The summed E-state index contributed by atoms with van der Waals surface area (Å²) < 4.78 is 0. The van der Waals surface area contributed by atoms with E-state index in [1.54, 1.807) is 20.8 Å². The molecule has 0 saturated carbocycles. The molecule has 0 aromatic rings. The van der Waals surface area contributed by atoms with E-state index in [9.17, 15) is 9.90 Å². The molecular weight excluding hydrogens is 182 g/mol. The molecule has 0 aromatic carbocycles. The first kappa shape index (κ1) is 13.4. The van der Waals surface area contributed by atoms with Crippen LogP contribution in [-0.4, -0.2) is 33.9 Å². The van der Waals surface area contributed by atoms with Crippen LogP contribution in [0.5, 0.6) is 0 Å². The predicted molar refractivity (Wildman–Crippen MR) is 55.2 cm³/mol. The molecule has 0 spiro atoms. The van der Waals surface area contributed by atoms with Gasteiger partial charge in [0.05, 0.1) is 11.5 Å². The SMILES string of the molecule is CC(CNC(C)(C)C(C)(C)O)C(=O)O. The van der Waals surface area contributed by atoms with Crippen LogP contribution in [0.4, 0.5) is 0 Å². The van der Waals surface area contributed by atoms with Gasteiger partial charge < -0.3 is 15.5 Å². The standard InChI is InChI=1S/C10H21NO3/c1-7(8(12)13)6-11-9(2,3)10(4,5)14/h7,11,14H,6H2,1-5H3,(H,12,13). The minimum atomic E-state index is -0.884. The summed E-state index contributed by atoms with van der Waals surface area (Å²) in [6.07, 6.45) is 0. The zero-order valence-corrected chi connectivity index (χ0v) is 9.59. The van der Waals surface area contributed by atoms with Crippen LogP contribution < -0.4 is 5.32 Å². The lowest BCUT2D eigenvalue weighted by molar-refractivity contribution is -0.141. The zero-order valence-electron chi connectivity index (χ0n) is 9.59. The number of hydrogen-bond donors (Lipinski definition) is 3. The summed E-state index contributed by atoms with van der Waals surface area (Å²) in [6, 6.07) is 0. The minimum absolute atomic E-state index is 0.353. The molecule has 0 radical (unpaired) electrons. The lowest BCUT2D eigenvalue weighted by Crippen LogP contribution is -2.57. The number of aliphatic carboxylic acids is 1. The zero-order chi connectivity index (χ0) is 11.6. The first-order chi connectivity index (χ1) is 6.08. The molecule has 0 saturated heterocycles. The number of aliphatic hydroxyl groups is 1. The highest BCUT2D eigenvalue weighted by Crippen LogP contribution is 2.20. The Morgan fingerprint density at radius 2 is 1.79 bits per heavy atom. The van der Waals surface area contributed by atoms with Gasteiger partial charge in [0.1, 0.15) is 0 Å². The van der Waals surface area contributed by atoms with E-state index in [0.717, 1.165) is 0 Å². The molecule has 0 aromatic heterocycles. The Bertz CT molecular complexity index is 206. The fraction of sp³-hybridized carbons (Fsp3) is 0.900. The van der Waals surface area contributed by atoms with Gasteiger partial charge in [-0.05, 0) is 27.7 Å². The van der Waals surface area contributed by atoms with E-state index >= 15 is 0 Å². The first-order valence-corrected chi connectivity index (χ1v) is 4.78. The molecule has 3 N–H and O–H groups in total. The molecule has 1 atom stereocenters. The molecule has 0 aliphatic carbocycles. The van der Waals surface area contributed by atoms with Gasteiger partial charge in [0.15, 0.2) is 0 Å². The molecule has 0 bridgehead atoms. The largest absolute Gasteiger partial charge is 0.481 e. The molecule has 4 heteroatoms. The van der Waals surface area contributed by atoms with Crippen molar-refractivity contribution in [1.82, 2.24) is 5.32 Å². The quantitative estimate of drug-likeness (QED) is 0.619. The van der Waals surface area contributed by atoms with Crippen LogP contribution in [0.25, 0.3) is 0 Å². The average Bonchev–Trinajstić information content (AvgIpc) is 1.97. The molecule has 0 rings (SSSR count). The smallest absolute Gasteiger partial charge is 0.307 e. The second kappa shape index (κ2) is 4.28. The molecule has 0 aliphatic rings. The molecule has 84 valence electrons. The Morgan fingerprint density at radius 1 is 1.36 bits per heavy atom. The van der Waals surface area contributed by atoms with Crippen molar-refractivity contribution < 1.29 is 15.0 Å². The van der Waals surface area contributed by atoms with E-state index in [1.165, 1.54) is 0 Å². The second-order valence-corrected chi connectivity index (χ2v) is 4.80. The van der Waals surface area contributed by atoms with Gasteiger partial charge in [-0.1, -0.05) is 6.92 Å². The molecule has 1 unspecified atom stereocenters. The summed E-state index contributed by atoms with van der Waals surface area (Å²) in [5, 5.41) is 21.5. The summed E-state index contributed by atoms with van der Waals surface area (Å²) >= 11 is 0. The maximum atomic E-state index is 10.6. The highest BCUT2D eigenvalue weighted by Gasteiger charge is 2.34. The van der Waals surface area contributed by atoms with Crippen LogP contribution in [0, 0.1) is 5.92 Å². The highest BCUT2D eigenvalue weighted by atomic mass is 16.4. The molecule has 0 aliphatic heterocycles. The third-order valence-corrected chi connectivity index (χ3v) is 2.80. The normalized spacial score (nSPS) is 15.3. The molecular formula is C10H21NO3. The maximum absolute atomic E-state index is 10.6. The van der Waals surface area contributed by atoms with Crippen LogP contribution in [0.3, 0.4) is 0 Å². The summed E-state index contributed by atoms with van der Waals surface area (Å²) in [6.45, 7) is 9.09. The van der Waals surface area contributed by atoms with Crippen molar-refractivity contribution in [3.05, 3.63) is 0 Å². The predicted octanol–water partition coefficient (Wildman–Crippen LogP) is 0.846. The third kappa shape index (κ3) is 3.64. The van der Waals surface area contributed by atoms with Crippen molar-refractivity contribution in [3.8, 4) is 0 Å². The molecule has 0 fully saturated rings. The van der Waals surface area contributed by atoms with Gasteiger partial charge in [-0.15, -0.1) is 0 Å². The summed E-state index contributed by atoms with van der Waals surface area (Å²) in [4.78, 5) is 10.6. The van der Waals surface area contributed by atoms with Gasteiger partial charge in [-0.3, -0.25) is 4.79 Å². The number of carbonyl (C=O) groups is 1. The van der Waals surface area contributed by atoms with E-state index in [1.807, 2.05) is 13.8 Å². The van der Waals surface area contributed by atoms with Gasteiger partial charge in [0, 0.05) is 12.1 Å². The summed E-state index contributed by atoms with van der Waals surface area (Å²) in [5.74, 6) is -1.28. The van der Waals surface area contributed by atoms with E-state index in [2.05, 4.69) is 5.32 Å². The lowest BCUT2D eigenvalue weighted by Gasteiger charge is -2.38. The van der Waals surface area contributed by atoms with Crippen LogP contribution in [0.2, 0.25) is 0 Å². The average molecular weight is 203 g/mol. The first-order valence-electron chi connectivity index (χ1n) is 4.78.